The fraction of sp³-hybridized carbons (Fsp3) is 0.231. The molecule has 2 N–H and O–H groups in total. The molecule has 0 fully saturated rings. The van der Waals surface area contributed by atoms with Crippen molar-refractivity contribution >= 4 is 21.4 Å². The summed E-state index contributed by atoms with van der Waals surface area (Å²) in [6.45, 7) is 3.71. The van der Waals surface area contributed by atoms with Gasteiger partial charge >= 0.3 is 0 Å². The maximum atomic E-state index is 5.95. The summed E-state index contributed by atoms with van der Waals surface area (Å²) in [5.74, 6) is 1.05. The Balaban J connectivity index is 2.13. The average molecular weight is 259 g/mol. The molecular formula is C13H13N3OS. The number of hydrogen-bond donors (Lipinski definition) is 1. The van der Waals surface area contributed by atoms with Crippen LogP contribution >= 0.6 is 11.3 Å². The summed E-state index contributed by atoms with van der Waals surface area (Å²) in [6.07, 6.45) is 0. The lowest BCUT2D eigenvalue weighted by atomic mass is 10.1. The maximum absolute atomic E-state index is 5.95. The van der Waals surface area contributed by atoms with Crippen LogP contribution in [-0.2, 0) is 5.54 Å². The molecule has 0 saturated heterocycles. The predicted octanol–water partition coefficient (Wildman–Crippen LogP) is 3.15. The van der Waals surface area contributed by atoms with E-state index in [9.17, 15) is 0 Å². The fourth-order valence-electron chi connectivity index (χ4n) is 1.74. The van der Waals surface area contributed by atoms with E-state index in [1.54, 1.807) is 11.3 Å². The summed E-state index contributed by atoms with van der Waals surface area (Å²) >= 11 is 1.67. The number of benzene rings is 1. The van der Waals surface area contributed by atoms with E-state index in [2.05, 4.69) is 22.3 Å². The van der Waals surface area contributed by atoms with Gasteiger partial charge in [0.25, 0.3) is 5.89 Å². The molecule has 2 aromatic heterocycles. The summed E-state index contributed by atoms with van der Waals surface area (Å²) in [5.41, 5.74) is 6.33. The highest BCUT2D eigenvalue weighted by atomic mass is 32.1. The number of nitrogens with zero attached hydrogens (tertiary/aromatic N) is 2. The molecule has 0 radical (unpaired) electrons. The summed E-state index contributed by atoms with van der Waals surface area (Å²) in [6, 6.07) is 8.15. The van der Waals surface area contributed by atoms with Crippen molar-refractivity contribution in [2.45, 2.75) is 19.4 Å². The van der Waals surface area contributed by atoms with Crippen LogP contribution in [0.4, 0.5) is 0 Å². The van der Waals surface area contributed by atoms with Gasteiger partial charge < -0.3 is 10.3 Å². The molecule has 4 nitrogen and oxygen atoms in total. The molecule has 0 aliphatic rings. The van der Waals surface area contributed by atoms with Crippen LogP contribution in [-0.4, -0.2) is 10.1 Å². The number of hydrogen-bond acceptors (Lipinski definition) is 5. The van der Waals surface area contributed by atoms with Crippen molar-refractivity contribution in [3.05, 3.63) is 35.5 Å². The van der Waals surface area contributed by atoms with Gasteiger partial charge in [0.05, 0.1) is 11.1 Å². The number of rotatable bonds is 2. The van der Waals surface area contributed by atoms with E-state index in [-0.39, 0.29) is 0 Å². The lowest BCUT2D eigenvalue weighted by molar-refractivity contribution is 0.397. The molecule has 0 atom stereocenters. The van der Waals surface area contributed by atoms with Crippen molar-refractivity contribution in [3.63, 3.8) is 0 Å². The molecule has 1 aromatic carbocycles. The molecule has 0 spiro atoms. The molecule has 92 valence electrons. The van der Waals surface area contributed by atoms with Crippen LogP contribution in [0.2, 0.25) is 0 Å². The van der Waals surface area contributed by atoms with E-state index >= 15 is 0 Å². The normalized spacial score (nSPS) is 12.2. The zero-order valence-corrected chi connectivity index (χ0v) is 11.0. The Morgan fingerprint density at radius 1 is 1.28 bits per heavy atom. The minimum Gasteiger partial charge on any atom is -0.334 e. The zero-order valence-electron chi connectivity index (χ0n) is 10.2. The Morgan fingerprint density at radius 3 is 2.78 bits per heavy atom. The third kappa shape index (κ3) is 1.81. The van der Waals surface area contributed by atoms with Crippen molar-refractivity contribution < 1.29 is 4.52 Å². The smallest absolute Gasteiger partial charge is 0.259 e. The highest BCUT2D eigenvalue weighted by molar-refractivity contribution is 7.17. The largest absolute Gasteiger partial charge is 0.334 e. The van der Waals surface area contributed by atoms with Crippen LogP contribution in [0.15, 0.2) is 34.2 Å². The molecule has 3 aromatic rings. The van der Waals surface area contributed by atoms with Crippen molar-refractivity contribution in [2.75, 3.05) is 0 Å². The Bertz CT molecular complexity index is 693. The van der Waals surface area contributed by atoms with Gasteiger partial charge in [0, 0.05) is 15.5 Å². The van der Waals surface area contributed by atoms with Crippen LogP contribution < -0.4 is 5.73 Å². The van der Waals surface area contributed by atoms with E-state index in [1.807, 2.05) is 31.4 Å². The van der Waals surface area contributed by atoms with Crippen LogP contribution in [0.1, 0.15) is 19.7 Å². The SMILES string of the molecule is CC(C)(N)c1noc(-c2csc3ccccc23)n1. The van der Waals surface area contributed by atoms with Gasteiger partial charge in [-0.25, -0.2) is 0 Å². The minimum absolute atomic E-state index is 0.521. The highest BCUT2D eigenvalue weighted by Gasteiger charge is 2.22. The summed E-state index contributed by atoms with van der Waals surface area (Å²) in [5, 5.41) is 7.11. The lowest BCUT2D eigenvalue weighted by Crippen LogP contribution is -2.30. The van der Waals surface area contributed by atoms with E-state index in [0.717, 1.165) is 10.9 Å². The molecule has 0 aliphatic heterocycles. The fourth-order valence-corrected chi connectivity index (χ4v) is 2.67. The molecule has 0 unspecified atom stereocenters. The third-order valence-corrected chi connectivity index (χ3v) is 3.68. The quantitative estimate of drug-likeness (QED) is 0.767. The van der Waals surface area contributed by atoms with Crippen LogP contribution in [0.3, 0.4) is 0 Å². The summed E-state index contributed by atoms with van der Waals surface area (Å²) < 4.78 is 6.52. The molecule has 3 rings (SSSR count). The van der Waals surface area contributed by atoms with Crippen LogP contribution in [0.25, 0.3) is 21.5 Å². The molecule has 0 amide bonds. The number of aromatic nitrogens is 2. The van der Waals surface area contributed by atoms with Crippen molar-refractivity contribution in [1.29, 1.82) is 0 Å². The lowest BCUT2D eigenvalue weighted by Gasteiger charge is -2.11. The van der Waals surface area contributed by atoms with E-state index < -0.39 is 5.54 Å². The first kappa shape index (κ1) is 11.4. The van der Waals surface area contributed by atoms with E-state index in [1.165, 1.54) is 4.70 Å². The number of thiophene rings is 1. The predicted molar refractivity (Wildman–Crippen MR) is 72.3 cm³/mol. The van der Waals surface area contributed by atoms with E-state index in [0.29, 0.717) is 11.7 Å². The Labute approximate surface area is 108 Å². The second-order valence-electron chi connectivity index (χ2n) is 4.79. The first-order valence-electron chi connectivity index (χ1n) is 5.65. The second-order valence-corrected chi connectivity index (χ2v) is 5.70. The van der Waals surface area contributed by atoms with Gasteiger partial charge in [-0.1, -0.05) is 23.4 Å². The standard InChI is InChI=1S/C13H13N3OS/c1-13(2,14)12-15-11(17-16-12)9-7-18-10-6-4-3-5-8(9)10/h3-7H,14H2,1-2H3. The van der Waals surface area contributed by atoms with Gasteiger partial charge in [-0.2, -0.15) is 4.98 Å². The van der Waals surface area contributed by atoms with Crippen molar-refractivity contribution in [3.8, 4) is 11.5 Å². The van der Waals surface area contributed by atoms with Gasteiger partial charge in [-0.3, -0.25) is 0 Å². The molecular weight excluding hydrogens is 246 g/mol. The van der Waals surface area contributed by atoms with Gasteiger partial charge in [0.15, 0.2) is 5.82 Å². The first-order chi connectivity index (χ1) is 8.55. The molecule has 18 heavy (non-hydrogen) atoms. The zero-order chi connectivity index (χ0) is 12.8. The van der Waals surface area contributed by atoms with Crippen LogP contribution in [0, 0.1) is 0 Å². The molecule has 2 heterocycles. The van der Waals surface area contributed by atoms with Gasteiger partial charge in [0.1, 0.15) is 0 Å². The molecule has 0 saturated carbocycles. The topological polar surface area (TPSA) is 64.9 Å². The summed E-state index contributed by atoms with van der Waals surface area (Å²) in [4.78, 5) is 4.38. The average Bonchev–Trinajstić information content (AvgIpc) is 2.94. The van der Waals surface area contributed by atoms with E-state index in [4.69, 9.17) is 10.3 Å². The van der Waals surface area contributed by atoms with Gasteiger partial charge in [0.2, 0.25) is 0 Å². The first-order valence-corrected chi connectivity index (χ1v) is 6.53. The Hall–Kier alpha value is -1.72. The van der Waals surface area contributed by atoms with Gasteiger partial charge in [-0.05, 0) is 19.9 Å². The minimum atomic E-state index is -0.590. The Kier molecular flexibility index (Phi) is 2.46. The van der Waals surface area contributed by atoms with Crippen molar-refractivity contribution in [2.24, 2.45) is 5.73 Å². The number of nitrogens with two attached hydrogens (primary N) is 1. The third-order valence-electron chi connectivity index (χ3n) is 2.71. The molecule has 0 bridgehead atoms. The summed E-state index contributed by atoms with van der Waals surface area (Å²) in [7, 11) is 0. The van der Waals surface area contributed by atoms with Crippen LogP contribution in [0.5, 0.6) is 0 Å². The monoisotopic (exact) mass is 259 g/mol. The maximum Gasteiger partial charge on any atom is 0.259 e. The second kappa shape index (κ2) is 3.90. The Morgan fingerprint density at radius 2 is 2.06 bits per heavy atom. The van der Waals surface area contributed by atoms with Crippen molar-refractivity contribution in [1.82, 2.24) is 10.1 Å². The molecule has 5 heteroatoms. The molecule has 0 aliphatic carbocycles. The highest BCUT2D eigenvalue weighted by Crippen LogP contribution is 2.33. The number of fused-ring (bicyclic) bond motifs is 1. The van der Waals surface area contributed by atoms with Gasteiger partial charge in [-0.15, -0.1) is 11.3 Å².